The highest BCUT2D eigenvalue weighted by molar-refractivity contribution is 7.26. The van der Waals surface area contributed by atoms with Gasteiger partial charge in [0, 0.05) is 68.1 Å². The van der Waals surface area contributed by atoms with Gasteiger partial charge in [-0.15, -0.1) is 22.7 Å². The van der Waals surface area contributed by atoms with E-state index in [1.165, 1.54) is 57.2 Å². The lowest BCUT2D eigenvalue weighted by atomic mass is 10.0. The largest absolute Gasteiger partial charge is 0.455 e. The van der Waals surface area contributed by atoms with Gasteiger partial charge in [0.15, 0.2) is 0 Å². The Balaban J connectivity index is 1.06. The van der Waals surface area contributed by atoms with Gasteiger partial charge >= 0.3 is 0 Å². The van der Waals surface area contributed by atoms with E-state index in [1.807, 2.05) is 34.8 Å². The van der Waals surface area contributed by atoms with Crippen molar-refractivity contribution in [3.63, 3.8) is 0 Å². The van der Waals surface area contributed by atoms with Crippen molar-refractivity contribution in [1.29, 1.82) is 0 Å². The number of benzene rings is 8. The lowest BCUT2D eigenvalue weighted by Crippen LogP contribution is -2.10. The molecule has 4 heteroatoms. The molecule has 0 spiro atoms. The van der Waals surface area contributed by atoms with E-state index in [2.05, 4.69) is 169 Å². The van der Waals surface area contributed by atoms with E-state index in [0.29, 0.717) is 0 Å². The third kappa shape index (κ3) is 4.55. The number of anilines is 3. The maximum Gasteiger partial charge on any atom is 0.143 e. The molecule has 3 aromatic heterocycles. The summed E-state index contributed by atoms with van der Waals surface area (Å²) in [6, 6.07) is 63.6. The molecule has 3 heterocycles. The summed E-state index contributed by atoms with van der Waals surface area (Å²) < 4.78 is 11.7. The van der Waals surface area contributed by atoms with Crippen molar-refractivity contribution in [1.82, 2.24) is 0 Å². The highest BCUT2D eigenvalue weighted by atomic mass is 32.1. The highest BCUT2D eigenvalue weighted by Crippen LogP contribution is 2.46. The number of hydrogen-bond donors (Lipinski definition) is 0. The lowest BCUT2D eigenvalue weighted by Gasteiger charge is -2.27. The van der Waals surface area contributed by atoms with Crippen molar-refractivity contribution in [3.05, 3.63) is 176 Å². The Morgan fingerprint density at radius 3 is 1.71 bits per heavy atom. The number of fused-ring (bicyclic) bond motifs is 9. The number of para-hydroxylation sites is 2. The molecule has 244 valence electrons. The summed E-state index contributed by atoms with van der Waals surface area (Å²) in [5, 5.41) is 7.48. The van der Waals surface area contributed by atoms with Crippen molar-refractivity contribution < 1.29 is 4.42 Å². The first kappa shape index (κ1) is 29.5. The van der Waals surface area contributed by atoms with Gasteiger partial charge in [-0.05, 0) is 71.3 Å². The first-order valence-electron chi connectivity index (χ1n) is 17.5. The molecule has 2 nitrogen and oxygen atoms in total. The summed E-state index contributed by atoms with van der Waals surface area (Å²) >= 11 is 3.73. The Morgan fingerprint density at radius 2 is 0.942 bits per heavy atom. The molecule has 0 bridgehead atoms. The second-order valence-corrected chi connectivity index (χ2v) is 15.4. The van der Waals surface area contributed by atoms with Crippen molar-refractivity contribution in [3.8, 4) is 22.3 Å². The van der Waals surface area contributed by atoms with Gasteiger partial charge in [0.25, 0.3) is 0 Å². The van der Waals surface area contributed by atoms with Crippen molar-refractivity contribution >= 4 is 102 Å². The van der Waals surface area contributed by atoms with Gasteiger partial charge in [-0.25, -0.2) is 0 Å². The van der Waals surface area contributed by atoms with Gasteiger partial charge in [0.05, 0.1) is 5.69 Å². The van der Waals surface area contributed by atoms with Gasteiger partial charge in [-0.3, -0.25) is 0 Å². The van der Waals surface area contributed by atoms with Crippen LogP contribution in [0, 0.1) is 0 Å². The molecule has 0 amide bonds. The molecule has 0 N–H and O–H groups in total. The SMILES string of the molecule is c1ccc2c(c1)oc1c(-c3ccc(N(c4ccc(-c5cccc6c5sc5ccccc56)cc4)c4cccc5sc6ccccc6c45)cc3)cccc12. The molecule has 0 aliphatic rings. The summed E-state index contributed by atoms with van der Waals surface area (Å²) in [6.07, 6.45) is 0. The molecular formula is C48H29NOS2. The van der Waals surface area contributed by atoms with Gasteiger partial charge in [0.1, 0.15) is 11.2 Å². The maximum absolute atomic E-state index is 6.42. The Hall–Kier alpha value is -6.20. The van der Waals surface area contributed by atoms with Crippen LogP contribution in [0.5, 0.6) is 0 Å². The standard InChI is InChI=1S/C48H29NOS2/c1-4-18-42-36(10-1)38-15-7-13-34(47(38)50-42)30-22-26-32(27-23-30)49(41-17-9-21-45-46(41)40-12-3-6-20-44(40)51-45)33-28-24-31(25-29-33)35-14-8-16-39-37-11-2-5-19-43(37)52-48(35)39/h1-29H. The Bertz CT molecular complexity index is 2970. The fraction of sp³-hybridized carbons (Fsp3) is 0. The average Bonchev–Trinajstić information content (AvgIpc) is 3.90. The third-order valence-electron chi connectivity index (χ3n) is 10.3. The van der Waals surface area contributed by atoms with Gasteiger partial charge in [-0.2, -0.15) is 0 Å². The van der Waals surface area contributed by atoms with Crippen LogP contribution in [0.15, 0.2) is 180 Å². The predicted octanol–water partition coefficient (Wildman–Crippen LogP) is 15.1. The first-order chi connectivity index (χ1) is 25.8. The highest BCUT2D eigenvalue weighted by Gasteiger charge is 2.20. The molecule has 11 rings (SSSR count). The van der Waals surface area contributed by atoms with E-state index in [9.17, 15) is 0 Å². The Kier molecular flexibility index (Phi) is 6.63. The van der Waals surface area contributed by atoms with E-state index in [1.54, 1.807) is 0 Å². The molecule has 0 saturated heterocycles. The van der Waals surface area contributed by atoms with Crippen LogP contribution in [0.3, 0.4) is 0 Å². The topological polar surface area (TPSA) is 16.4 Å². The minimum atomic E-state index is 0.913. The quantitative estimate of drug-likeness (QED) is 0.178. The minimum Gasteiger partial charge on any atom is -0.455 e. The molecule has 0 unspecified atom stereocenters. The smallest absolute Gasteiger partial charge is 0.143 e. The zero-order valence-electron chi connectivity index (χ0n) is 27.9. The zero-order valence-corrected chi connectivity index (χ0v) is 29.5. The minimum absolute atomic E-state index is 0.913. The fourth-order valence-corrected chi connectivity index (χ4v) is 10.3. The number of thiophene rings is 2. The van der Waals surface area contributed by atoms with Crippen molar-refractivity contribution in [2.75, 3.05) is 4.90 Å². The fourth-order valence-electron chi connectivity index (χ4n) is 7.90. The van der Waals surface area contributed by atoms with Gasteiger partial charge < -0.3 is 9.32 Å². The van der Waals surface area contributed by atoms with Crippen LogP contribution in [0.25, 0.3) is 84.5 Å². The number of hydrogen-bond acceptors (Lipinski definition) is 4. The maximum atomic E-state index is 6.42. The summed E-state index contributed by atoms with van der Waals surface area (Å²) in [7, 11) is 0. The van der Waals surface area contributed by atoms with Gasteiger partial charge in [-0.1, -0.05) is 121 Å². The van der Waals surface area contributed by atoms with Crippen LogP contribution in [0.1, 0.15) is 0 Å². The van der Waals surface area contributed by atoms with Crippen LogP contribution < -0.4 is 4.90 Å². The average molecular weight is 700 g/mol. The molecule has 11 aromatic rings. The summed E-state index contributed by atoms with van der Waals surface area (Å²) in [5.74, 6) is 0. The van der Waals surface area contributed by atoms with Crippen LogP contribution in [0.4, 0.5) is 17.1 Å². The zero-order chi connectivity index (χ0) is 34.2. The van der Waals surface area contributed by atoms with Crippen LogP contribution in [-0.2, 0) is 0 Å². The molecule has 8 aromatic carbocycles. The Morgan fingerprint density at radius 1 is 0.385 bits per heavy atom. The van der Waals surface area contributed by atoms with E-state index < -0.39 is 0 Å². The normalized spacial score (nSPS) is 11.8. The molecule has 52 heavy (non-hydrogen) atoms. The van der Waals surface area contributed by atoms with E-state index in [-0.39, 0.29) is 0 Å². The van der Waals surface area contributed by atoms with Crippen LogP contribution >= 0.6 is 22.7 Å². The van der Waals surface area contributed by atoms with Crippen LogP contribution in [-0.4, -0.2) is 0 Å². The first-order valence-corrected chi connectivity index (χ1v) is 19.1. The summed E-state index contributed by atoms with van der Waals surface area (Å²) in [6.45, 7) is 0. The number of rotatable bonds is 5. The van der Waals surface area contributed by atoms with Crippen molar-refractivity contribution in [2.45, 2.75) is 0 Å². The lowest BCUT2D eigenvalue weighted by molar-refractivity contribution is 0.670. The molecular weight excluding hydrogens is 671 g/mol. The Labute approximate surface area is 308 Å². The predicted molar refractivity (Wildman–Crippen MR) is 225 cm³/mol. The molecule has 0 atom stereocenters. The van der Waals surface area contributed by atoms with Crippen molar-refractivity contribution in [2.24, 2.45) is 0 Å². The summed E-state index contributed by atoms with van der Waals surface area (Å²) in [5.41, 5.74) is 9.92. The van der Waals surface area contributed by atoms with Crippen LogP contribution in [0.2, 0.25) is 0 Å². The molecule has 0 fully saturated rings. The molecule has 0 aliphatic heterocycles. The second-order valence-electron chi connectivity index (χ2n) is 13.2. The monoisotopic (exact) mass is 699 g/mol. The number of nitrogens with zero attached hydrogens (tertiary/aromatic N) is 1. The summed E-state index contributed by atoms with van der Waals surface area (Å²) in [4.78, 5) is 2.41. The van der Waals surface area contributed by atoms with E-state index in [4.69, 9.17) is 4.42 Å². The molecule has 0 aliphatic carbocycles. The van der Waals surface area contributed by atoms with E-state index >= 15 is 0 Å². The van der Waals surface area contributed by atoms with Gasteiger partial charge in [0.2, 0.25) is 0 Å². The number of furan rings is 1. The second kappa shape index (κ2) is 11.7. The third-order valence-corrected chi connectivity index (χ3v) is 12.7. The van der Waals surface area contributed by atoms with E-state index in [0.717, 1.165) is 44.4 Å². The molecule has 0 saturated carbocycles. The molecule has 0 radical (unpaired) electrons.